The van der Waals surface area contributed by atoms with Crippen molar-refractivity contribution in [1.29, 1.82) is 0 Å². The van der Waals surface area contributed by atoms with Gasteiger partial charge in [-0.15, -0.1) is 0 Å². The molecule has 0 aromatic heterocycles. The molecule has 2 aromatic carbocycles. The van der Waals surface area contributed by atoms with Crippen molar-refractivity contribution in [3.05, 3.63) is 54.3 Å². The van der Waals surface area contributed by atoms with Crippen LogP contribution < -0.4 is 14.9 Å². The molecule has 3 amide bonds. The first-order valence-corrected chi connectivity index (χ1v) is 8.34. The molecule has 1 fully saturated rings. The molecule has 3 rings (SSSR count). The molecule has 7 nitrogen and oxygen atoms in total. The van der Waals surface area contributed by atoms with Crippen molar-refractivity contribution in [2.45, 2.75) is 4.90 Å². The highest BCUT2D eigenvalue weighted by molar-refractivity contribution is 7.92. The number of benzene rings is 2. The van der Waals surface area contributed by atoms with Crippen LogP contribution in [0.25, 0.3) is 0 Å². The molecule has 1 aliphatic rings. The lowest BCUT2D eigenvalue weighted by Crippen LogP contribution is -2.30. The molecule has 0 bridgehead atoms. The van der Waals surface area contributed by atoms with Gasteiger partial charge in [-0.3, -0.25) is 9.52 Å². The van der Waals surface area contributed by atoms with Gasteiger partial charge < -0.3 is 5.32 Å². The summed E-state index contributed by atoms with van der Waals surface area (Å²) in [6, 6.07) is 9.65. The highest BCUT2D eigenvalue weighted by atomic mass is 32.2. The number of halogens is 1. The van der Waals surface area contributed by atoms with Gasteiger partial charge >= 0.3 is 6.03 Å². The Morgan fingerprint density at radius 3 is 2.42 bits per heavy atom. The number of amides is 3. The zero-order valence-electron chi connectivity index (χ0n) is 12.2. The standard InChI is InChI=1S/C15H12FN3O4S/c16-10-4-6-13(7-5-10)24(22,23)18-11-2-1-3-12(8-11)19-14(20)9-17-15(19)21/h1-8,18H,9H2,(H,17,21). The van der Waals surface area contributed by atoms with Crippen molar-refractivity contribution in [1.82, 2.24) is 5.32 Å². The number of nitrogens with zero attached hydrogens (tertiary/aromatic N) is 1. The summed E-state index contributed by atoms with van der Waals surface area (Å²) in [5, 5.41) is 2.38. The Morgan fingerprint density at radius 1 is 1.08 bits per heavy atom. The number of anilines is 2. The van der Waals surface area contributed by atoms with E-state index in [1.54, 1.807) is 0 Å². The summed E-state index contributed by atoms with van der Waals surface area (Å²) in [6.07, 6.45) is 0. The molecule has 24 heavy (non-hydrogen) atoms. The van der Waals surface area contributed by atoms with Gasteiger partial charge in [-0.1, -0.05) is 6.07 Å². The summed E-state index contributed by atoms with van der Waals surface area (Å²) in [5.41, 5.74) is 0.415. The number of hydrogen-bond acceptors (Lipinski definition) is 4. The van der Waals surface area contributed by atoms with E-state index in [1.807, 2.05) is 0 Å². The van der Waals surface area contributed by atoms with Gasteiger partial charge in [-0.05, 0) is 42.5 Å². The zero-order valence-corrected chi connectivity index (χ0v) is 13.0. The van der Waals surface area contributed by atoms with Gasteiger partial charge in [0, 0.05) is 0 Å². The molecule has 9 heteroatoms. The Labute approximate surface area is 137 Å². The van der Waals surface area contributed by atoms with Crippen LogP contribution in [0.5, 0.6) is 0 Å². The molecule has 0 radical (unpaired) electrons. The molecule has 1 heterocycles. The summed E-state index contributed by atoms with van der Waals surface area (Å²) < 4.78 is 39.8. The van der Waals surface area contributed by atoms with E-state index in [9.17, 15) is 22.4 Å². The summed E-state index contributed by atoms with van der Waals surface area (Å²) in [5.74, 6) is -0.979. The van der Waals surface area contributed by atoms with Crippen LogP contribution in [0.15, 0.2) is 53.4 Å². The quantitative estimate of drug-likeness (QED) is 0.821. The van der Waals surface area contributed by atoms with Gasteiger partial charge in [0.2, 0.25) is 0 Å². The molecule has 0 atom stereocenters. The summed E-state index contributed by atoms with van der Waals surface area (Å²) in [7, 11) is -3.92. The van der Waals surface area contributed by atoms with E-state index in [2.05, 4.69) is 10.0 Å². The van der Waals surface area contributed by atoms with Gasteiger partial charge in [0.05, 0.1) is 22.8 Å². The first-order chi connectivity index (χ1) is 11.4. The number of carbonyl (C=O) groups is 2. The average molecular weight is 349 g/mol. The Hall–Kier alpha value is -2.94. The van der Waals surface area contributed by atoms with Crippen LogP contribution >= 0.6 is 0 Å². The van der Waals surface area contributed by atoms with E-state index in [4.69, 9.17) is 0 Å². The maximum atomic E-state index is 12.9. The lowest BCUT2D eigenvalue weighted by Gasteiger charge is -2.14. The predicted octanol–water partition coefficient (Wildman–Crippen LogP) is 1.68. The second-order valence-electron chi connectivity index (χ2n) is 5.00. The number of hydrogen-bond donors (Lipinski definition) is 2. The Balaban J connectivity index is 1.88. The third kappa shape index (κ3) is 3.06. The number of carbonyl (C=O) groups excluding carboxylic acids is 2. The second kappa shape index (κ2) is 5.93. The van der Waals surface area contributed by atoms with Crippen LogP contribution in [0, 0.1) is 5.82 Å². The molecule has 0 unspecified atom stereocenters. The van der Waals surface area contributed by atoms with Gasteiger partial charge in [-0.25, -0.2) is 22.5 Å². The molecule has 0 spiro atoms. The summed E-state index contributed by atoms with van der Waals surface area (Å²) in [4.78, 5) is 24.2. The number of imide groups is 1. The number of nitrogens with one attached hydrogen (secondary N) is 2. The molecule has 2 N–H and O–H groups in total. The maximum Gasteiger partial charge on any atom is 0.329 e. The molecule has 2 aromatic rings. The van der Waals surface area contributed by atoms with E-state index in [0.717, 1.165) is 29.2 Å². The van der Waals surface area contributed by atoms with Gasteiger partial charge in [0.25, 0.3) is 15.9 Å². The SMILES string of the molecule is O=C1CNC(=O)N1c1cccc(NS(=O)(=O)c2ccc(F)cc2)c1. The summed E-state index contributed by atoms with van der Waals surface area (Å²) in [6.45, 7) is -0.107. The Kier molecular flexibility index (Phi) is 3.94. The smallest absolute Gasteiger partial charge is 0.328 e. The summed E-state index contributed by atoms with van der Waals surface area (Å²) >= 11 is 0. The molecule has 1 saturated heterocycles. The lowest BCUT2D eigenvalue weighted by molar-refractivity contribution is -0.115. The van der Waals surface area contributed by atoms with E-state index in [1.165, 1.54) is 24.3 Å². The van der Waals surface area contributed by atoms with Crippen LogP contribution in [0.1, 0.15) is 0 Å². The van der Waals surface area contributed by atoms with Crippen LogP contribution in [0.3, 0.4) is 0 Å². The maximum absolute atomic E-state index is 12.9. The van der Waals surface area contributed by atoms with E-state index >= 15 is 0 Å². The predicted molar refractivity (Wildman–Crippen MR) is 84.5 cm³/mol. The lowest BCUT2D eigenvalue weighted by atomic mass is 10.2. The first-order valence-electron chi connectivity index (χ1n) is 6.86. The minimum atomic E-state index is -3.92. The fourth-order valence-corrected chi connectivity index (χ4v) is 3.27. The Bertz CT molecular complexity index is 897. The fourth-order valence-electron chi connectivity index (χ4n) is 2.22. The largest absolute Gasteiger partial charge is 0.329 e. The minimum Gasteiger partial charge on any atom is -0.328 e. The molecule has 1 aliphatic heterocycles. The van der Waals surface area contributed by atoms with Gasteiger partial charge in [-0.2, -0.15) is 0 Å². The van der Waals surface area contributed by atoms with E-state index < -0.39 is 27.8 Å². The van der Waals surface area contributed by atoms with Crippen LogP contribution in [-0.4, -0.2) is 26.9 Å². The van der Waals surface area contributed by atoms with Crippen molar-refractivity contribution < 1.29 is 22.4 Å². The van der Waals surface area contributed by atoms with Crippen molar-refractivity contribution in [3.63, 3.8) is 0 Å². The normalized spacial score (nSPS) is 14.6. The van der Waals surface area contributed by atoms with Crippen molar-refractivity contribution in [2.24, 2.45) is 0 Å². The average Bonchev–Trinajstić information content (AvgIpc) is 2.86. The van der Waals surface area contributed by atoms with Crippen LogP contribution in [-0.2, 0) is 14.8 Å². The molecular weight excluding hydrogens is 337 g/mol. The number of sulfonamides is 1. The zero-order chi connectivity index (χ0) is 17.3. The number of urea groups is 1. The van der Waals surface area contributed by atoms with E-state index in [-0.39, 0.29) is 22.8 Å². The molecule has 124 valence electrons. The number of rotatable bonds is 4. The minimum absolute atomic E-state index is 0.107. The van der Waals surface area contributed by atoms with Crippen molar-refractivity contribution in [2.75, 3.05) is 16.2 Å². The molecular formula is C15H12FN3O4S. The van der Waals surface area contributed by atoms with Crippen LogP contribution in [0.4, 0.5) is 20.6 Å². The third-order valence-corrected chi connectivity index (χ3v) is 4.72. The second-order valence-corrected chi connectivity index (χ2v) is 6.68. The van der Waals surface area contributed by atoms with Crippen molar-refractivity contribution >= 4 is 33.3 Å². The van der Waals surface area contributed by atoms with Gasteiger partial charge in [0.15, 0.2) is 0 Å². The topological polar surface area (TPSA) is 95.6 Å². The molecule has 0 saturated carbocycles. The third-order valence-electron chi connectivity index (χ3n) is 3.32. The first kappa shape index (κ1) is 15.9. The van der Waals surface area contributed by atoms with Crippen LogP contribution in [0.2, 0.25) is 0 Å². The monoisotopic (exact) mass is 349 g/mol. The Morgan fingerprint density at radius 2 is 1.79 bits per heavy atom. The van der Waals surface area contributed by atoms with E-state index in [0.29, 0.717) is 0 Å². The molecule has 0 aliphatic carbocycles. The fraction of sp³-hybridized carbons (Fsp3) is 0.0667. The highest BCUT2D eigenvalue weighted by Gasteiger charge is 2.30. The highest BCUT2D eigenvalue weighted by Crippen LogP contribution is 2.23. The van der Waals surface area contributed by atoms with Gasteiger partial charge in [0.1, 0.15) is 5.82 Å². The van der Waals surface area contributed by atoms with Crippen molar-refractivity contribution in [3.8, 4) is 0 Å².